The number of para-hydroxylation sites is 2. The molecule has 4 heterocycles. The number of benzene rings is 3. The van der Waals surface area contributed by atoms with E-state index in [0.717, 1.165) is 17.5 Å². The lowest BCUT2D eigenvalue weighted by atomic mass is 9.57. The van der Waals surface area contributed by atoms with Gasteiger partial charge in [0.1, 0.15) is 11.0 Å². The lowest BCUT2D eigenvalue weighted by Gasteiger charge is -2.43. The van der Waals surface area contributed by atoms with Crippen molar-refractivity contribution in [1.29, 1.82) is 0 Å². The summed E-state index contributed by atoms with van der Waals surface area (Å²) in [6.07, 6.45) is 1.51. The molecule has 2 fully saturated rings. The van der Waals surface area contributed by atoms with Crippen molar-refractivity contribution >= 4 is 52.2 Å². The van der Waals surface area contributed by atoms with Crippen LogP contribution in [0.5, 0.6) is 0 Å². The van der Waals surface area contributed by atoms with Crippen LogP contribution in [0.1, 0.15) is 39.9 Å². The number of rotatable bonds is 2. The van der Waals surface area contributed by atoms with Gasteiger partial charge in [0, 0.05) is 33.6 Å². The van der Waals surface area contributed by atoms with E-state index in [2.05, 4.69) is 15.5 Å². The van der Waals surface area contributed by atoms with Gasteiger partial charge in [0.15, 0.2) is 5.78 Å². The first-order chi connectivity index (χ1) is 17.8. The number of anilines is 2. The number of carbonyl (C=O) groups is 3. The van der Waals surface area contributed by atoms with Gasteiger partial charge in [-0.1, -0.05) is 59.6 Å². The number of fused-ring (bicyclic) bond motifs is 7. The highest BCUT2D eigenvalue weighted by Crippen LogP contribution is 2.68. The lowest BCUT2D eigenvalue weighted by Crippen LogP contribution is -2.62. The first kappa shape index (κ1) is 23.0. The summed E-state index contributed by atoms with van der Waals surface area (Å²) in [5, 5.41) is 6.82. The van der Waals surface area contributed by atoms with Crippen molar-refractivity contribution < 1.29 is 14.4 Å². The second-order valence-electron chi connectivity index (χ2n) is 10.3. The maximum absolute atomic E-state index is 14.6. The number of hydrogen-bond donors (Lipinski definition) is 2. The van der Waals surface area contributed by atoms with Gasteiger partial charge in [0.2, 0.25) is 5.91 Å². The van der Waals surface area contributed by atoms with Crippen molar-refractivity contribution in [2.45, 2.75) is 36.8 Å². The zero-order chi connectivity index (χ0) is 25.7. The summed E-state index contributed by atoms with van der Waals surface area (Å²) in [5.74, 6) is -1.70. The van der Waals surface area contributed by atoms with E-state index in [9.17, 15) is 14.4 Å². The number of hydrogen-bond acceptors (Lipinski definition) is 4. The highest BCUT2D eigenvalue weighted by atomic mass is 35.5. The number of halogens is 2. The molecule has 2 spiro atoms. The molecule has 0 aliphatic carbocycles. The quantitative estimate of drug-likeness (QED) is 0.439. The van der Waals surface area contributed by atoms with E-state index >= 15 is 0 Å². The van der Waals surface area contributed by atoms with Gasteiger partial charge in [-0.05, 0) is 61.7 Å². The normalized spacial score (nSPS) is 29.4. The minimum absolute atomic E-state index is 0.233. The van der Waals surface area contributed by atoms with Crippen LogP contribution in [0, 0.1) is 12.8 Å². The zero-order valence-electron chi connectivity index (χ0n) is 20.0. The van der Waals surface area contributed by atoms with Crippen LogP contribution in [-0.2, 0) is 20.5 Å². The Kier molecular flexibility index (Phi) is 4.76. The third-order valence-corrected chi connectivity index (χ3v) is 9.37. The van der Waals surface area contributed by atoms with E-state index in [0.29, 0.717) is 40.5 Å². The van der Waals surface area contributed by atoms with Gasteiger partial charge >= 0.3 is 0 Å². The van der Waals surface area contributed by atoms with Crippen LogP contribution in [0.4, 0.5) is 11.4 Å². The van der Waals surface area contributed by atoms with Crippen molar-refractivity contribution in [3.05, 3.63) is 93.0 Å². The Bertz CT molecular complexity index is 1560. The Morgan fingerprint density at radius 3 is 2.57 bits per heavy atom. The van der Waals surface area contributed by atoms with Gasteiger partial charge in [-0.2, -0.15) is 0 Å². The molecule has 2 N–H and O–H groups in total. The predicted molar refractivity (Wildman–Crippen MR) is 142 cm³/mol. The van der Waals surface area contributed by atoms with Crippen molar-refractivity contribution in [2.24, 2.45) is 5.92 Å². The van der Waals surface area contributed by atoms with Crippen LogP contribution in [-0.4, -0.2) is 35.1 Å². The van der Waals surface area contributed by atoms with Crippen molar-refractivity contribution in [1.82, 2.24) is 4.90 Å². The molecule has 0 saturated carbocycles. The monoisotopic (exact) mass is 531 g/mol. The molecule has 4 atom stereocenters. The van der Waals surface area contributed by atoms with Gasteiger partial charge in [-0.25, -0.2) is 0 Å². The molecule has 37 heavy (non-hydrogen) atoms. The van der Waals surface area contributed by atoms with Crippen molar-refractivity contribution in [3.63, 3.8) is 0 Å². The summed E-state index contributed by atoms with van der Waals surface area (Å²) in [4.78, 5) is 45.6. The highest BCUT2D eigenvalue weighted by Gasteiger charge is 2.81. The SMILES string of the molecule is Cc1cccc2c1NC(=O)C21N2CCCC2C(C(=O)c2ccc(Cl)cc2Cl)C12C(=O)Nc1ccccc12. The summed E-state index contributed by atoms with van der Waals surface area (Å²) in [6.45, 7) is 2.54. The summed E-state index contributed by atoms with van der Waals surface area (Å²) in [5.41, 5.74) is 1.10. The molecule has 186 valence electrons. The molecule has 8 heteroatoms. The van der Waals surface area contributed by atoms with Crippen LogP contribution < -0.4 is 10.6 Å². The van der Waals surface area contributed by atoms with Gasteiger partial charge < -0.3 is 10.6 Å². The number of nitrogens with one attached hydrogen (secondary N) is 2. The maximum Gasteiger partial charge on any atom is 0.251 e. The Labute approximate surface area is 223 Å². The Morgan fingerprint density at radius 2 is 1.76 bits per heavy atom. The minimum atomic E-state index is -1.49. The van der Waals surface area contributed by atoms with E-state index in [1.54, 1.807) is 18.2 Å². The summed E-state index contributed by atoms with van der Waals surface area (Å²) >= 11 is 12.7. The maximum atomic E-state index is 14.6. The summed E-state index contributed by atoms with van der Waals surface area (Å²) < 4.78 is 0. The van der Waals surface area contributed by atoms with Crippen LogP contribution >= 0.6 is 23.2 Å². The topological polar surface area (TPSA) is 78.5 Å². The molecule has 3 aromatic rings. The number of nitrogens with zero attached hydrogens (tertiary/aromatic N) is 1. The van der Waals surface area contributed by atoms with Gasteiger partial charge in [-0.3, -0.25) is 19.3 Å². The Hall–Kier alpha value is -3.19. The Morgan fingerprint density at radius 1 is 0.973 bits per heavy atom. The molecule has 2 saturated heterocycles. The molecular formula is C29H23Cl2N3O3. The predicted octanol–water partition coefficient (Wildman–Crippen LogP) is 5.32. The van der Waals surface area contributed by atoms with Crippen LogP contribution in [0.2, 0.25) is 10.0 Å². The second kappa shape index (κ2) is 7.67. The number of amides is 2. The third kappa shape index (κ3) is 2.58. The van der Waals surface area contributed by atoms with Crippen LogP contribution in [0.15, 0.2) is 60.7 Å². The minimum Gasteiger partial charge on any atom is -0.325 e. The smallest absolute Gasteiger partial charge is 0.251 e. The molecule has 0 radical (unpaired) electrons. The fourth-order valence-electron chi connectivity index (χ4n) is 7.61. The fourth-order valence-corrected chi connectivity index (χ4v) is 8.11. The van der Waals surface area contributed by atoms with Gasteiger partial charge in [0.25, 0.3) is 5.91 Å². The highest BCUT2D eigenvalue weighted by molar-refractivity contribution is 6.37. The third-order valence-electron chi connectivity index (χ3n) is 8.82. The van der Waals surface area contributed by atoms with Crippen LogP contribution in [0.25, 0.3) is 0 Å². The number of carbonyl (C=O) groups excluding carboxylic acids is 3. The molecule has 7 rings (SSSR count). The average molecular weight is 532 g/mol. The Balaban J connectivity index is 1.60. The van der Waals surface area contributed by atoms with Crippen molar-refractivity contribution in [3.8, 4) is 0 Å². The molecule has 2 amide bonds. The lowest BCUT2D eigenvalue weighted by molar-refractivity contribution is -0.137. The van der Waals surface area contributed by atoms with E-state index < -0.39 is 16.9 Å². The van der Waals surface area contributed by atoms with Crippen molar-refractivity contribution in [2.75, 3.05) is 17.2 Å². The van der Waals surface area contributed by atoms with Crippen LogP contribution in [0.3, 0.4) is 0 Å². The summed E-state index contributed by atoms with van der Waals surface area (Å²) in [7, 11) is 0. The zero-order valence-corrected chi connectivity index (χ0v) is 21.5. The molecular weight excluding hydrogens is 509 g/mol. The largest absolute Gasteiger partial charge is 0.325 e. The van der Waals surface area contributed by atoms with E-state index in [4.69, 9.17) is 23.2 Å². The first-order valence-electron chi connectivity index (χ1n) is 12.4. The average Bonchev–Trinajstić information content (AvgIpc) is 3.58. The molecule has 4 aliphatic rings. The number of aryl methyl sites for hydroxylation is 1. The number of Topliss-reactive ketones (excluding diaryl/α,β-unsaturated/α-hetero) is 1. The number of ketones is 1. The van der Waals surface area contributed by atoms with Gasteiger partial charge in [-0.15, -0.1) is 0 Å². The molecule has 4 aliphatic heterocycles. The second-order valence-corrected chi connectivity index (χ2v) is 11.2. The van der Waals surface area contributed by atoms with E-state index in [1.807, 2.05) is 49.4 Å². The molecule has 3 aromatic carbocycles. The fraction of sp³-hybridized carbons (Fsp3) is 0.276. The molecule has 4 unspecified atom stereocenters. The molecule has 0 bridgehead atoms. The summed E-state index contributed by atoms with van der Waals surface area (Å²) in [6, 6.07) is 17.7. The van der Waals surface area contributed by atoms with Gasteiger partial charge in [0.05, 0.1) is 10.9 Å². The molecule has 0 aromatic heterocycles. The van der Waals surface area contributed by atoms with E-state index in [1.165, 1.54) is 0 Å². The standard InChI is InChI=1S/C29H23Cl2N3O3/c1-15-6-4-8-19-24(15)33-27(37)29(19)28(18-7-2-3-9-21(18)32-26(28)36)23(22-10-5-13-34(22)29)25(35)17-12-11-16(30)14-20(17)31/h2-4,6-9,11-12,14,22-23H,5,10,13H2,1H3,(H,32,36)(H,33,37). The van der Waals surface area contributed by atoms with E-state index in [-0.39, 0.29) is 28.7 Å². The molecule has 6 nitrogen and oxygen atoms in total. The first-order valence-corrected chi connectivity index (χ1v) is 13.2.